The number of hydrogen-bond donors (Lipinski definition) is 0. The summed E-state index contributed by atoms with van der Waals surface area (Å²) in [7, 11) is 0. The van der Waals surface area contributed by atoms with Crippen LogP contribution >= 0.6 is 0 Å². The molecule has 0 N–H and O–H groups in total. The van der Waals surface area contributed by atoms with Gasteiger partial charge in [-0.1, -0.05) is 0 Å². The molecule has 2 aliphatic heterocycles. The van der Waals surface area contributed by atoms with E-state index in [-0.39, 0.29) is 17.3 Å². The molecule has 8 nitrogen and oxygen atoms in total. The van der Waals surface area contributed by atoms with E-state index >= 15 is 0 Å². The van der Waals surface area contributed by atoms with Crippen LogP contribution in [0.4, 0.5) is 29.2 Å². The summed E-state index contributed by atoms with van der Waals surface area (Å²) in [6.07, 6.45) is -0.550. The Bertz CT molecular complexity index is 1220. The minimum Gasteiger partial charge on any atom is -0.355 e. The Labute approximate surface area is 192 Å². The van der Waals surface area contributed by atoms with Crippen molar-refractivity contribution in [2.75, 3.05) is 29.4 Å². The SMILES string of the molecule is Cc1nn(CC(F)F)c2nc(N3CCC4(CC3)CCN(c3cc(C(F)F)ccn3)C4=O)cnc12. The number of halogens is 4. The molecule has 2 fully saturated rings. The summed E-state index contributed by atoms with van der Waals surface area (Å²) >= 11 is 0. The summed E-state index contributed by atoms with van der Waals surface area (Å²) in [5.41, 5.74) is 0.587. The second-order valence-corrected chi connectivity index (χ2v) is 8.78. The van der Waals surface area contributed by atoms with Crippen LogP contribution in [0.15, 0.2) is 24.5 Å². The average Bonchev–Trinajstić information content (AvgIpc) is 3.30. The molecule has 3 aromatic heterocycles. The predicted octanol–water partition coefficient (Wildman–Crippen LogP) is 3.76. The van der Waals surface area contributed by atoms with E-state index in [9.17, 15) is 22.4 Å². The summed E-state index contributed by atoms with van der Waals surface area (Å²) < 4.78 is 53.2. The van der Waals surface area contributed by atoms with E-state index in [1.807, 2.05) is 4.90 Å². The molecule has 0 saturated carbocycles. The maximum atomic E-state index is 13.3. The summed E-state index contributed by atoms with van der Waals surface area (Å²) in [5, 5.41) is 4.13. The molecule has 0 bridgehead atoms. The molecular weight excluding hydrogens is 454 g/mol. The van der Waals surface area contributed by atoms with Gasteiger partial charge in [-0.05, 0) is 38.3 Å². The Kier molecular flexibility index (Phi) is 5.61. The molecule has 5 heterocycles. The zero-order valence-corrected chi connectivity index (χ0v) is 18.5. The monoisotopic (exact) mass is 477 g/mol. The lowest BCUT2D eigenvalue weighted by atomic mass is 9.77. The molecule has 0 aliphatic carbocycles. The zero-order valence-electron chi connectivity index (χ0n) is 18.5. The lowest BCUT2D eigenvalue weighted by molar-refractivity contribution is -0.126. The van der Waals surface area contributed by atoms with Crippen LogP contribution in [0, 0.1) is 12.3 Å². The number of aryl methyl sites for hydroxylation is 1. The molecule has 3 aromatic rings. The largest absolute Gasteiger partial charge is 0.355 e. The first-order valence-electron chi connectivity index (χ1n) is 11.1. The second kappa shape index (κ2) is 8.48. The number of anilines is 2. The molecule has 1 spiro atoms. The minimum absolute atomic E-state index is 0.0989. The second-order valence-electron chi connectivity index (χ2n) is 8.78. The van der Waals surface area contributed by atoms with E-state index in [2.05, 4.69) is 20.1 Å². The molecule has 0 atom stereocenters. The van der Waals surface area contributed by atoms with Gasteiger partial charge in [-0.3, -0.25) is 9.69 Å². The van der Waals surface area contributed by atoms with Crippen LogP contribution in [-0.4, -0.2) is 56.7 Å². The molecule has 12 heteroatoms. The van der Waals surface area contributed by atoms with Crippen LogP contribution in [0.25, 0.3) is 11.2 Å². The Balaban J connectivity index is 1.32. The van der Waals surface area contributed by atoms with E-state index < -0.39 is 24.8 Å². The van der Waals surface area contributed by atoms with E-state index in [1.54, 1.807) is 13.1 Å². The van der Waals surface area contributed by atoms with Crippen LogP contribution in [0.1, 0.15) is 36.9 Å². The van der Waals surface area contributed by atoms with Crippen molar-refractivity contribution in [2.24, 2.45) is 5.41 Å². The maximum absolute atomic E-state index is 13.3. The number of alkyl halides is 4. The Morgan fingerprint density at radius 2 is 1.79 bits per heavy atom. The number of aromatic nitrogens is 5. The third kappa shape index (κ3) is 3.84. The van der Waals surface area contributed by atoms with Gasteiger partial charge in [0.15, 0.2) is 5.65 Å². The van der Waals surface area contributed by atoms with Gasteiger partial charge >= 0.3 is 0 Å². The third-order valence-electron chi connectivity index (χ3n) is 6.77. The van der Waals surface area contributed by atoms with Gasteiger partial charge < -0.3 is 4.90 Å². The van der Waals surface area contributed by atoms with Crippen molar-refractivity contribution in [2.45, 2.75) is 45.6 Å². The summed E-state index contributed by atoms with van der Waals surface area (Å²) in [6.45, 7) is 2.64. The molecule has 1 amide bonds. The fourth-order valence-electron chi connectivity index (χ4n) is 4.88. The molecule has 180 valence electrons. The van der Waals surface area contributed by atoms with Crippen LogP contribution < -0.4 is 9.80 Å². The van der Waals surface area contributed by atoms with Gasteiger partial charge in [-0.2, -0.15) is 5.10 Å². The lowest BCUT2D eigenvalue weighted by Crippen LogP contribution is -2.45. The molecule has 34 heavy (non-hydrogen) atoms. The smallest absolute Gasteiger partial charge is 0.264 e. The van der Waals surface area contributed by atoms with Crippen molar-refractivity contribution >= 4 is 28.7 Å². The van der Waals surface area contributed by atoms with Crippen LogP contribution in [0.3, 0.4) is 0 Å². The number of pyridine rings is 1. The van der Waals surface area contributed by atoms with Gasteiger partial charge in [0, 0.05) is 31.4 Å². The molecule has 5 rings (SSSR count). The highest BCUT2D eigenvalue weighted by Crippen LogP contribution is 2.43. The fraction of sp³-hybridized carbons (Fsp3) is 0.500. The quantitative estimate of drug-likeness (QED) is 0.521. The summed E-state index contributed by atoms with van der Waals surface area (Å²) in [4.78, 5) is 29.9. The molecule has 0 unspecified atom stereocenters. The minimum atomic E-state index is -2.63. The average molecular weight is 477 g/mol. The van der Waals surface area contributed by atoms with Crippen LogP contribution in [0.2, 0.25) is 0 Å². The van der Waals surface area contributed by atoms with E-state index in [1.165, 1.54) is 27.9 Å². The van der Waals surface area contributed by atoms with Crippen molar-refractivity contribution in [1.29, 1.82) is 0 Å². The van der Waals surface area contributed by atoms with Gasteiger partial charge in [-0.25, -0.2) is 37.2 Å². The van der Waals surface area contributed by atoms with Gasteiger partial charge in [0.05, 0.1) is 17.3 Å². The molecular formula is C22H23F4N7O. The fourth-order valence-corrected chi connectivity index (χ4v) is 4.88. The highest BCUT2D eigenvalue weighted by Gasteiger charge is 2.49. The van der Waals surface area contributed by atoms with E-state index in [0.29, 0.717) is 61.6 Å². The first-order valence-corrected chi connectivity index (χ1v) is 11.1. The third-order valence-corrected chi connectivity index (χ3v) is 6.77. The first kappa shape index (κ1) is 22.5. The van der Waals surface area contributed by atoms with Crippen molar-refractivity contribution in [1.82, 2.24) is 24.7 Å². The Morgan fingerprint density at radius 1 is 1.06 bits per heavy atom. The number of nitrogens with zero attached hydrogens (tertiary/aromatic N) is 7. The number of hydrogen-bond acceptors (Lipinski definition) is 6. The van der Waals surface area contributed by atoms with Crippen molar-refractivity contribution in [3.05, 3.63) is 35.8 Å². The standard InChI is InChI=1S/C22H23F4N7O/c1-13-18-20(33(30-13)12-15(23)24)29-17(11-28-18)31-7-3-22(4-8-31)5-9-32(21(22)34)16-10-14(19(25)26)2-6-27-16/h2,6,10-11,15,19H,3-5,7-9,12H2,1H3. The molecule has 2 aliphatic rings. The number of fused-ring (bicyclic) bond motifs is 1. The van der Waals surface area contributed by atoms with Crippen molar-refractivity contribution in [3.63, 3.8) is 0 Å². The normalized spacial score (nSPS) is 18.3. The highest BCUT2D eigenvalue weighted by atomic mass is 19.3. The predicted molar refractivity (Wildman–Crippen MR) is 116 cm³/mol. The zero-order chi connectivity index (χ0) is 24.0. The number of amides is 1. The van der Waals surface area contributed by atoms with Gasteiger partial charge in [-0.15, -0.1) is 0 Å². The molecule has 0 aromatic carbocycles. The molecule has 0 radical (unpaired) electrons. The first-order chi connectivity index (χ1) is 16.3. The van der Waals surface area contributed by atoms with E-state index in [4.69, 9.17) is 0 Å². The van der Waals surface area contributed by atoms with Crippen molar-refractivity contribution < 1.29 is 22.4 Å². The summed E-state index contributed by atoms with van der Waals surface area (Å²) in [6, 6.07) is 2.52. The van der Waals surface area contributed by atoms with Gasteiger partial charge in [0.25, 0.3) is 12.9 Å². The summed E-state index contributed by atoms with van der Waals surface area (Å²) in [5.74, 6) is 0.700. The topological polar surface area (TPSA) is 80.0 Å². The van der Waals surface area contributed by atoms with Crippen LogP contribution in [-0.2, 0) is 11.3 Å². The number of rotatable bonds is 5. The number of piperidine rings is 1. The van der Waals surface area contributed by atoms with E-state index in [0.717, 1.165) is 0 Å². The van der Waals surface area contributed by atoms with Crippen molar-refractivity contribution in [3.8, 4) is 0 Å². The van der Waals surface area contributed by atoms with Gasteiger partial charge in [0.1, 0.15) is 23.7 Å². The lowest BCUT2D eigenvalue weighted by Gasteiger charge is -2.38. The number of carbonyl (C=O) groups is 1. The Hall–Kier alpha value is -3.31. The maximum Gasteiger partial charge on any atom is 0.264 e. The number of carbonyl (C=O) groups excluding carboxylic acids is 1. The molecule has 2 saturated heterocycles. The van der Waals surface area contributed by atoms with Gasteiger partial charge in [0.2, 0.25) is 5.91 Å². The highest BCUT2D eigenvalue weighted by molar-refractivity contribution is 5.99. The Morgan fingerprint density at radius 3 is 2.50 bits per heavy atom. The van der Waals surface area contributed by atoms with Crippen LogP contribution in [0.5, 0.6) is 0 Å².